The molecule has 4 nitrogen and oxygen atoms in total. The highest BCUT2D eigenvalue weighted by atomic mass is 32.1. The van der Waals surface area contributed by atoms with Crippen molar-refractivity contribution in [2.45, 2.75) is 0 Å². The minimum Gasteiger partial charge on any atom is -0.339 e. The van der Waals surface area contributed by atoms with E-state index >= 15 is 0 Å². The average molecular weight is 284 g/mol. The molecule has 3 rings (SSSR count). The fraction of sp³-hybridized carbons (Fsp3) is 0. The summed E-state index contributed by atoms with van der Waals surface area (Å²) >= 11 is 6.70. The van der Waals surface area contributed by atoms with Gasteiger partial charge in [0.05, 0.1) is 21.8 Å². The molecule has 92 valence electrons. The van der Waals surface area contributed by atoms with Crippen molar-refractivity contribution in [1.82, 2.24) is 9.97 Å². The number of H-pyrrole nitrogens is 1. The molecule has 0 bridgehead atoms. The number of fused-ring (bicyclic) bond motifs is 1. The lowest BCUT2D eigenvalue weighted by Crippen LogP contribution is -1.95. The van der Waals surface area contributed by atoms with Crippen LogP contribution in [0.3, 0.4) is 0 Å². The summed E-state index contributed by atoms with van der Waals surface area (Å²) in [6, 6.07) is 11.3. The minimum absolute atomic E-state index is 0.446. The maximum Gasteiger partial charge on any atom is 0.199 e. The van der Waals surface area contributed by atoms with Gasteiger partial charge in [-0.05, 0) is 47.9 Å². The molecule has 0 radical (unpaired) electrons. The van der Waals surface area contributed by atoms with Gasteiger partial charge in [-0.1, -0.05) is 0 Å². The van der Waals surface area contributed by atoms with Gasteiger partial charge in [0.25, 0.3) is 0 Å². The zero-order valence-electron chi connectivity index (χ0n) is 9.68. The number of aromatic nitrogens is 2. The molecule has 2 N–H and O–H groups in total. The van der Waals surface area contributed by atoms with Crippen molar-refractivity contribution in [2.75, 3.05) is 5.32 Å². The lowest BCUT2D eigenvalue weighted by Gasteiger charge is -2.06. The Morgan fingerprint density at radius 2 is 2.05 bits per heavy atom. The topological polar surface area (TPSA) is 64.5 Å². The Morgan fingerprint density at radius 3 is 2.79 bits per heavy atom. The molecular formula is C13H8N4S2. The molecular weight excluding hydrogens is 276 g/mol. The number of nitrogens with zero attached hydrogens (tertiary/aromatic N) is 2. The highest BCUT2D eigenvalue weighted by Gasteiger charge is 2.05. The van der Waals surface area contributed by atoms with Crippen LogP contribution in [0.5, 0.6) is 0 Å². The molecule has 0 amide bonds. The largest absolute Gasteiger partial charge is 0.339 e. The second-order valence-electron chi connectivity index (χ2n) is 3.87. The highest BCUT2D eigenvalue weighted by molar-refractivity contribution is 7.71. The van der Waals surface area contributed by atoms with E-state index < -0.39 is 0 Å². The molecule has 3 aromatic rings. The SMILES string of the molecule is N#Cc1ccc(Nc2nc(=S)[nH]c3ccsc23)cc1. The normalized spacial score (nSPS) is 10.3. The summed E-state index contributed by atoms with van der Waals surface area (Å²) in [7, 11) is 0. The van der Waals surface area contributed by atoms with E-state index in [-0.39, 0.29) is 0 Å². The third-order valence-corrected chi connectivity index (χ3v) is 3.73. The summed E-state index contributed by atoms with van der Waals surface area (Å²) in [5, 5.41) is 14.0. The molecule has 19 heavy (non-hydrogen) atoms. The van der Waals surface area contributed by atoms with Gasteiger partial charge in [-0.25, -0.2) is 4.98 Å². The van der Waals surface area contributed by atoms with Crippen LogP contribution in [-0.4, -0.2) is 9.97 Å². The number of nitrogens with one attached hydrogen (secondary N) is 2. The Bertz CT molecular complexity index is 824. The van der Waals surface area contributed by atoms with Crippen LogP contribution in [0.25, 0.3) is 10.2 Å². The first-order chi connectivity index (χ1) is 9.26. The van der Waals surface area contributed by atoms with Crippen molar-refractivity contribution in [3.63, 3.8) is 0 Å². The van der Waals surface area contributed by atoms with E-state index in [2.05, 4.69) is 21.4 Å². The van der Waals surface area contributed by atoms with Gasteiger partial charge in [0.15, 0.2) is 10.6 Å². The maximum atomic E-state index is 8.77. The van der Waals surface area contributed by atoms with E-state index in [1.54, 1.807) is 23.5 Å². The summed E-state index contributed by atoms with van der Waals surface area (Å²) in [5.74, 6) is 0.735. The number of hydrogen-bond acceptors (Lipinski definition) is 5. The van der Waals surface area contributed by atoms with Crippen LogP contribution in [0.4, 0.5) is 11.5 Å². The van der Waals surface area contributed by atoms with Crippen LogP contribution < -0.4 is 5.32 Å². The smallest absolute Gasteiger partial charge is 0.199 e. The van der Waals surface area contributed by atoms with E-state index in [9.17, 15) is 0 Å². The van der Waals surface area contributed by atoms with E-state index in [4.69, 9.17) is 17.5 Å². The molecule has 0 spiro atoms. The first-order valence-electron chi connectivity index (χ1n) is 5.51. The molecule has 0 saturated heterocycles. The number of hydrogen-bond donors (Lipinski definition) is 2. The molecule has 0 aliphatic heterocycles. The zero-order chi connectivity index (χ0) is 13.2. The van der Waals surface area contributed by atoms with Gasteiger partial charge in [0, 0.05) is 5.69 Å². The van der Waals surface area contributed by atoms with Gasteiger partial charge in [-0.2, -0.15) is 5.26 Å². The molecule has 0 unspecified atom stereocenters. The number of rotatable bonds is 2. The number of thiophene rings is 1. The van der Waals surface area contributed by atoms with Crippen LogP contribution in [0.2, 0.25) is 0 Å². The summed E-state index contributed by atoms with van der Waals surface area (Å²) in [4.78, 5) is 7.35. The van der Waals surface area contributed by atoms with Gasteiger partial charge in [0.2, 0.25) is 0 Å². The van der Waals surface area contributed by atoms with E-state index in [0.717, 1.165) is 21.7 Å². The Labute approximate surface area is 118 Å². The van der Waals surface area contributed by atoms with Crippen molar-refractivity contribution < 1.29 is 0 Å². The van der Waals surface area contributed by atoms with Gasteiger partial charge < -0.3 is 10.3 Å². The lowest BCUT2D eigenvalue weighted by molar-refractivity contribution is 1.19. The molecule has 2 aromatic heterocycles. The summed E-state index contributed by atoms with van der Waals surface area (Å²) in [6.45, 7) is 0. The highest BCUT2D eigenvalue weighted by Crippen LogP contribution is 2.27. The molecule has 0 saturated carbocycles. The Kier molecular flexibility index (Phi) is 2.99. The molecule has 0 aliphatic rings. The maximum absolute atomic E-state index is 8.77. The average Bonchev–Trinajstić information content (AvgIpc) is 2.88. The molecule has 0 fully saturated rings. The van der Waals surface area contributed by atoms with Crippen molar-refractivity contribution in [3.8, 4) is 6.07 Å². The lowest BCUT2D eigenvalue weighted by atomic mass is 10.2. The third kappa shape index (κ3) is 2.34. The third-order valence-electron chi connectivity index (χ3n) is 2.61. The van der Waals surface area contributed by atoms with Crippen LogP contribution in [-0.2, 0) is 0 Å². The Hall–Kier alpha value is -2.23. The minimum atomic E-state index is 0.446. The molecule has 1 aromatic carbocycles. The summed E-state index contributed by atoms with van der Waals surface area (Å²) in [5.41, 5.74) is 2.48. The van der Waals surface area contributed by atoms with Crippen molar-refractivity contribution >= 4 is 45.3 Å². The monoisotopic (exact) mass is 284 g/mol. The van der Waals surface area contributed by atoms with Crippen LogP contribution >= 0.6 is 23.6 Å². The van der Waals surface area contributed by atoms with Crippen LogP contribution in [0.1, 0.15) is 5.56 Å². The van der Waals surface area contributed by atoms with E-state index in [1.165, 1.54) is 0 Å². The quantitative estimate of drug-likeness (QED) is 0.699. The number of benzene rings is 1. The van der Waals surface area contributed by atoms with Crippen molar-refractivity contribution in [3.05, 3.63) is 46.0 Å². The second-order valence-corrected chi connectivity index (χ2v) is 5.17. The molecule has 0 aliphatic carbocycles. The fourth-order valence-corrected chi connectivity index (χ4v) is 2.73. The fourth-order valence-electron chi connectivity index (χ4n) is 1.74. The molecule has 0 atom stereocenters. The van der Waals surface area contributed by atoms with Gasteiger partial charge >= 0.3 is 0 Å². The van der Waals surface area contributed by atoms with Crippen molar-refractivity contribution in [2.24, 2.45) is 0 Å². The Morgan fingerprint density at radius 1 is 1.26 bits per heavy atom. The summed E-state index contributed by atoms with van der Waals surface area (Å²) in [6.07, 6.45) is 0. The zero-order valence-corrected chi connectivity index (χ0v) is 11.3. The van der Waals surface area contributed by atoms with Gasteiger partial charge in [-0.15, -0.1) is 11.3 Å². The first-order valence-corrected chi connectivity index (χ1v) is 6.80. The van der Waals surface area contributed by atoms with E-state index in [0.29, 0.717) is 10.3 Å². The van der Waals surface area contributed by atoms with Gasteiger partial charge in [-0.3, -0.25) is 0 Å². The predicted molar refractivity (Wildman–Crippen MR) is 79.2 cm³/mol. The van der Waals surface area contributed by atoms with Gasteiger partial charge in [0.1, 0.15) is 0 Å². The predicted octanol–water partition coefficient (Wildman–Crippen LogP) is 3.97. The number of aromatic amines is 1. The molecule has 6 heteroatoms. The summed E-state index contributed by atoms with van der Waals surface area (Å²) < 4.78 is 1.47. The number of nitriles is 1. The second kappa shape index (κ2) is 4.80. The van der Waals surface area contributed by atoms with Crippen molar-refractivity contribution in [1.29, 1.82) is 5.26 Å². The molecule has 2 heterocycles. The standard InChI is InChI=1S/C13H8N4S2/c14-7-8-1-3-9(4-2-8)15-12-11-10(5-6-19-11)16-13(18)17-12/h1-6H,(H2,15,16,17,18). The van der Waals surface area contributed by atoms with Crippen LogP contribution in [0.15, 0.2) is 35.7 Å². The Balaban J connectivity index is 2.02. The van der Waals surface area contributed by atoms with E-state index in [1.807, 2.05) is 23.6 Å². The van der Waals surface area contributed by atoms with Crippen LogP contribution in [0, 0.1) is 16.1 Å². The number of anilines is 2. The first kappa shape index (κ1) is 11.8.